The number of ether oxygens (including phenoxy) is 2. The van der Waals surface area contributed by atoms with E-state index in [9.17, 15) is 13.6 Å². The van der Waals surface area contributed by atoms with Gasteiger partial charge in [0.1, 0.15) is 17.2 Å². The molecule has 0 saturated carbocycles. The van der Waals surface area contributed by atoms with Crippen LogP contribution in [0.15, 0.2) is 30.5 Å². The minimum Gasteiger partial charge on any atom is -0.444 e. The number of aromatic nitrogens is 2. The second kappa shape index (κ2) is 9.45. The van der Waals surface area contributed by atoms with Gasteiger partial charge in [-0.15, -0.1) is 0 Å². The molecule has 7 nitrogen and oxygen atoms in total. The average Bonchev–Trinajstić information content (AvgIpc) is 2.70. The van der Waals surface area contributed by atoms with E-state index in [2.05, 4.69) is 9.97 Å². The Balaban J connectivity index is 1.55. The number of piperidine rings is 1. The Bertz CT molecular complexity index is 912. The first-order valence-electron chi connectivity index (χ1n) is 10.3. The second-order valence-corrected chi connectivity index (χ2v) is 8.67. The monoisotopic (exact) mass is 434 g/mol. The number of carbonyl (C=O) groups excluding carboxylic acids is 1. The summed E-state index contributed by atoms with van der Waals surface area (Å²) in [7, 11) is 1.90. The number of halogens is 2. The Morgan fingerprint density at radius 1 is 1.23 bits per heavy atom. The summed E-state index contributed by atoms with van der Waals surface area (Å²) in [6, 6.07) is 4.62. The lowest BCUT2D eigenvalue weighted by Crippen LogP contribution is -2.43. The molecule has 0 spiro atoms. The van der Waals surface area contributed by atoms with Gasteiger partial charge in [0.2, 0.25) is 0 Å². The van der Waals surface area contributed by atoms with Crippen LogP contribution >= 0.6 is 0 Å². The van der Waals surface area contributed by atoms with Gasteiger partial charge in [-0.25, -0.2) is 18.6 Å². The number of amides is 1. The predicted molar refractivity (Wildman–Crippen MR) is 112 cm³/mol. The van der Waals surface area contributed by atoms with Gasteiger partial charge in [-0.1, -0.05) is 0 Å². The zero-order valence-corrected chi connectivity index (χ0v) is 18.3. The van der Waals surface area contributed by atoms with Crippen LogP contribution in [0.4, 0.5) is 19.4 Å². The van der Waals surface area contributed by atoms with E-state index in [1.807, 2.05) is 32.7 Å². The fourth-order valence-corrected chi connectivity index (χ4v) is 3.35. The van der Waals surface area contributed by atoms with Crippen molar-refractivity contribution < 1.29 is 23.0 Å². The first kappa shape index (κ1) is 22.7. The first-order valence-corrected chi connectivity index (χ1v) is 10.3. The predicted octanol–water partition coefficient (Wildman–Crippen LogP) is 4.63. The summed E-state index contributed by atoms with van der Waals surface area (Å²) in [5.41, 5.74) is -0.505. The van der Waals surface area contributed by atoms with Crippen LogP contribution in [-0.2, 0) is 4.74 Å². The topological polar surface area (TPSA) is 67.8 Å². The standard InChI is InChI=1S/C22H28F2N4O3/c1-22(2,3)31-21(29)28-11-8-15(9-12-28)14-27(4)19-7-10-25-20(26-19)30-18-13-16(23)5-6-17(18)24/h5-7,10,13,15H,8-9,11-12,14H2,1-4H3. The molecule has 31 heavy (non-hydrogen) atoms. The van der Waals surface area contributed by atoms with Gasteiger partial charge in [-0.3, -0.25) is 0 Å². The van der Waals surface area contributed by atoms with Crippen LogP contribution in [0.25, 0.3) is 0 Å². The van der Waals surface area contributed by atoms with Crippen molar-refractivity contribution in [2.75, 3.05) is 31.6 Å². The van der Waals surface area contributed by atoms with E-state index in [-0.39, 0.29) is 17.9 Å². The molecule has 168 valence electrons. The van der Waals surface area contributed by atoms with Crippen molar-refractivity contribution >= 4 is 11.9 Å². The van der Waals surface area contributed by atoms with Gasteiger partial charge in [-0.05, 0) is 57.7 Å². The molecule has 0 N–H and O–H groups in total. The van der Waals surface area contributed by atoms with Crippen LogP contribution in [0.1, 0.15) is 33.6 Å². The third kappa shape index (κ3) is 6.50. The summed E-state index contributed by atoms with van der Waals surface area (Å²) in [4.78, 5) is 24.2. The summed E-state index contributed by atoms with van der Waals surface area (Å²) in [6.07, 6.45) is 2.94. The summed E-state index contributed by atoms with van der Waals surface area (Å²) < 4.78 is 37.9. The molecule has 0 radical (unpaired) electrons. The number of benzene rings is 1. The quantitative estimate of drug-likeness (QED) is 0.684. The smallest absolute Gasteiger partial charge is 0.410 e. The van der Waals surface area contributed by atoms with Crippen LogP contribution in [0.5, 0.6) is 11.8 Å². The highest BCUT2D eigenvalue weighted by atomic mass is 19.1. The lowest BCUT2D eigenvalue weighted by atomic mass is 9.96. The van der Waals surface area contributed by atoms with Crippen LogP contribution in [-0.4, -0.2) is 53.2 Å². The number of carbonyl (C=O) groups is 1. The maximum absolute atomic E-state index is 13.8. The maximum Gasteiger partial charge on any atom is 0.410 e. The number of hydrogen-bond acceptors (Lipinski definition) is 6. The molecular weight excluding hydrogens is 406 g/mol. The van der Waals surface area contributed by atoms with Crippen molar-refractivity contribution in [2.45, 2.75) is 39.2 Å². The highest BCUT2D eigenvalue weighted by molar-refractivity contribution is 5.68. The van der Waals surface area contributed by atoms with Crippen molar-refractivity contribution in [1.82, 2.24) is 14.9 Å². The normalized spacial score (nSPS) is 15.0. The van der Waals surface area contributed by atoms with Gasteiger partial charge in [-0.2, -0.15) is 4.98 Å². The summed E-state index contributed by atoms with van der Waals surface area (Å²) in [5, 5.41) is 0. The Kier molecular flexibility index (Phi) is 6.92. The van der Waals surface area contributed by atoms with E-state index in [0.717, 1.165) is 37.6 Å². The van der Waals surface area contributed by atoms with Gasteiger partial charge in [0, 0.05) is 38.9 Å². The number of nitrogens with zero attached hydrogens (tertiary/aromatic N) is 4. The van der Waals surface area contributed by atoms with E-state index < -0.39 is 17.2 Å². The Morgan fingerprint density at radius 2 is 1.94 bits per heavy atom. The SMILES string of the molecule is CN(CC1CCN(C(=O)OC(C)(C)C)CC1)c1ccnc(Oc2cc(F)ccc2F)n1. The Labute approximate surface area is 181 Å². The summed E-state index contributed by atoms with van der Waals surface area (Å²) in [6.45, 7) is 7.58. The van der Waals surface area contributed by atoms with Gasteiger partial charge >= 0.3 is 12.1 Å². The molecule has 1 aromatic carbocycles. The van der Waals surface area contributed by atoms with Crippen molar-refractivity contribution in [2.24, 2.45) is 5.92 Å². The molecule has 1 aliphatic heterocycles. The van der Waals surface area contributed by atoms with E-state index in [4.69, 9.17) is 9.47 Å². The van der Waals surface area contributed by atoms with Crippen molar-refractivity contribution in [3.8, 4) is 11.8 Å². The molecular formula is C22H28F2N4O3. The molecule has 2 heterocycles. The lowest BCUT2D eigenvalue weighted by Gasteiger charge is -2.35. The first-order chi connectivity index (χ1) is 14.6. The van der Waals surface area contributed by atoms with E-state index in [0.29, 0.717) is 24.8 Å². The molecule has 1 saturated heterocycles. The molecule has 0 unspecified atom stereocenters. The van der Waals surface area contributed by atoms with E-state index >= 15 is 0 Å². The molecule has 1 amide bonds. The Hall–Kier alpha value is -2.97. The third-order valence-corrected chi connectivity index (χ3v) is 4.90. The van der Waals surface area contributed by atoms with Gasteiger partial charge < -0.3 is 19.3 Å². The lowest BCUT2D eigenvalue weighted by molar-refractivity contribution is 0.0186. The summed E-state index contributed by atoms with van der Waals surface area (Å²) >= 11 is 0. The average molecular weight is 434 g/mol. The zero-order valence-electron chi connectivity index (χ0n) is 18.3. The largest absolute Gasteiger partial charge is 0.444 e. The molecule has 3 rings (SSSR count). The third-order valence-electron chi connectivity index (χ3n) is 4.90. The fourth-order valence-electron chi connectivity index (χ4n) is 3.35. The highest BCUT2D eigenvalue weighted by Gasteiger charge is 2.27. The van der Waals surface area contributed by atoms with Crippen LogP contribution in [0, 0.1) is 17.6 Å². The van der Waals surface area contributed by atoms with Gasteiger partial charge in [0.25, 0.3) is 0 Å². The second-order valence-electron chi connectivity index (χ2n) is 8.67. The number of likely N-dealkylation sites (tertiary alicyclic amines) is 1. The number of anilines is 1. The minimum absolute atomic E-state index is 0.0615. The molecule has 0 atom stereocenters. The maximum atomic E-state index is 13.8. The van der Waals surface area contributed by atoms with Crippen LogP contribution < -0.4 is 9.64 Å². The Morgan fingerprint density at radius 3 is 2.61 bits per heavy atom. The molecule has 0 bridgehead atoms. The van der Waals surface area contributed by atoms with Crippen molar-refractivity contribution in [1.29, 1.82) is 0 Å². The molecule has 2 aromatic rings. The molecule has 1 fully saturated rings. The number of rotatable bonds is 5. The highest BCUT2D eigenvalue weighted by Crippen LogP contribution is 2.25. The minimum atomic E-state index is -0.694. The summed E-state index contributed by atoms with van der Waals surface area (Å²) in [5.74, 6) is -0.586. The van der Waals surface area contributed by atoms with Gasteiger partial charge in [0.15, 0.2) is 11.6 Å². The molecule has 1 aromatic heterocycles. The molecule has 1 aliphatic rings. The fraction of sp³-hybridized carbons (Fsp3) is 0.500. The van der Waals surface area contributed by atoms with E-state index in [1.54, 1.807) is 11.0 Å². The molecule has 0 aliphatic carbocycles. The molecule has 9 heteroatoms. The van der Waals surface area contributed by atoms with Crippen LogP contribution in [0.2, 0.25) is 0 Å². The van der Waals surface area contributed by atoms with Crippen molar-refractivity contribution in [3.63, 3.8) is 0 Å². The zero-order chi connectivity index (χ0) is 22.6. The van der Waals surface area contributed by atoms with E-state index in [1.165, 1.54) is 6.20 Å². The van der Waals surface area contributed by atoms with Crippen molar-refractivity contribution in [3.05, 3.63) is 42.1 Å². The van der Waals surface area contributed by atoms with Gasteiger partial charge in [0.05, 0.1) is 0 Å². The van der Waals surface area contributed by atoms with Crippen LogP contribution in [0.3, 0.4) is 0 Å². The number of hydrogen-bond donors (Lipinski definition) is 0.